The summed E-state index contributed by atoms with van der Waals surface area (Å²) in [6, 6.07) is 0. The van der Waals surface area contributed by atoms with Crippen LogP contribution in [0.1, 0.15) is 46.5 Å². The lowest BCUT2D eigenvalue weighted by atomic mass is 9.95. The molecule has 0 saturated heterocycles. The summed E-state index contributed by atoms with van der Waals surface area (Å²) in [6.45, 7) is 6.50. The van der Waals surface area contributed by atoms with Gasteiger partial charge in [0, 0.05) is 12.5 Å². The summed E-state index contributed by atoms with van der Waals surface area (Å²) in [7, 11) is 0. The fourth-order valence-corrected chi connectivity index (χ4v) is 2.18. The van der Waals surface area contributed by atoms with Gasteiger partial charge in [0.1, 0.15) is 5.78 Å². The zero-order valence-electron chi connectivity index (χ0n) is 11.3. The molecule has 0 bridgehead atoms. The van der Waals surface area contributed by atoms with E-state index >= 15 is 0 Å². The summed E-state index contributed by atoms with van der Waals surface area (Å²) < 4.78 is 0. The van der Waals surface area contributed by atoms with Gasteiger partial charge in [0.25, 0.3) is 0 Å². The Morgan fingerprint density at radius 1 is 1.24 bits per heavy atom. The molecule has 0 fully saturated rings. The quantitative estimate of drug-likeness (QED) is 0.613. The number of hydrogen-bond donors (Lipinski definition) is 1. The van der Waals surface area contributed by atoms with Crippen LogP contribution in [0.3, 0.4) is 0 Å². The Hall–Kier alpha value is -0.510. The SMILES string of the molecule is CCSCC(=O)NCCCCC(CC)C(C)=O. The maximum absolute atomic E-state index is 11.3. The van der Waals surface area contributed by atoms with Crippen LogP contribution < -0.4 is 5.32 Å². The Labute approximate surface area is 109 Å². The standard InChI is InChI=1S/C13H25NO2S/c1-4-12(11(3)15)8-6-7-9-14-13(16)10-17-5-2/h12H,4-10H2,1-3H3,(H,14,16). The lowest BCUT2D eigenvalue weighted by Crippen LogP contribution is -2.26. The number of amides is 1. The molecule has 17 heavy (non-hydrogen) atoms. The highest BCUT2D eigenvalue weighted by Crippen LogP contribution is 2.13. The van der Waals surface area contributed by atoms with Gasteiger partial charge in [-0.1, -0.05) is 20.3 Å². The molecule has 0 aromatic carbocycles. The molecule has 0 radical (unpaired) electrons. The van der Waals surface area contributed by atoms with Gasteiger partial charge in [-0.3, -0.25) is 9.59 Å². The van der Waals surface area contributed by atoms with Crippen LogP contribution in [0.5, 0.6) is 0 Å². The zero-order chi connectivity index (χ0) is 13.1. The van der Waals surface area contributed by atoms with Gasteiger partial charge in [-0.05, 0) is 31.9 Å². The molecule has 0 aliphatic carbocycles. The predicted molar refractivity (Wildman–Crippen MR) is 74.3 cm³/mol. The first kappa shape index (κ1) is 16.5. The molecule has 1 unspecified atom stereocenters. The van der Waals surface area contributed by atoms with Crippen molar-refractivity contribution in [2.24, 2.45) is 5.92 Å². The minimum absolute atomic E-state index is 0.121. The Balaban J connectivity index is 3.45. The minimum atomic E-state index is 0.121. The molecule has 0 saturated carbocycles. The van der Waals surface area contributed by atoms with Gasteiger partial charge >= 0.3 is 0 Å². The van der Waals surface area contributed by atoms with E-state index in [1.807, 2.05) is 6.92 Å². The average molecular weight is 259 g/mol. The van der Waals surface area contributed by atoms with Gasteiger partial charge in [-0.15, -0.1) is 0 Å². The normalized spacial score (nSPS) is 12.2. The van der Waals surface area contributed by atoms with Gasteiger partial charge in [0.05, 0.1) is 5.75 Å². The predicted octanol–water partition coefficient (Wildman–Crippen LogP) is 2.64. The van der Waals surface area contributed by atoms with Crippen LogP contribution in [-0.4, -0.2) is 29.7 Å². The number of Topliss-reactive ketones (excluding diaryl/α,β-unsaturated/α-hetero) is 1. The Bertz CT molecular complexity index is 231. The number of ketones is 1. The number of carbonyl (C=O) groups excluding carboxylic acids is 2. The van der Waals surface area contributed by atoms with Crippen molar-refractivity contribution in [3.8, 4) is 0 Å². The van der Waals surface area contributed by atoms with E-state index in [4.69, 9.17) is 0 Å². The van der Waals surface area contributed by atoms with Crippen molar-refractivity contribution in [3.05, 3.63) is 0 Å². The molecule has 1 N–H and O–H groups in total. The van der Waals surface area contributed by atoms with E-state index in [0.717, 1.165) is 38.0 Å². The average Bonchev–Trinajstić information content (AvgIpc) is 2.30. The molecule has 100 valence electrons. The summed E-state index contributed by atoms with van der Waals surface area (Å²) in [6.07, 6.45) is 3.85. The Morgan fingerprint density at radius 3 is 2.47 bits per heavy atom. The third-order valence-electron chi connectivity index (χ3n) is 2.81. The maximum atomic E-state index is 11.3. The van der Waals surface area contributed by atoms with Crippen molar-refractivity contribution in [1.82, 2.24) is 5.32 Å². The molecule has 0 spiro atoms. The fraction of sp³-hybridized carbons (Fsp3) is 0.846. The van der Waals surface area contributed by atoms with E-state index < -0.39 is 0 Å². The Kier molecular flexibility index (Phi) is 10.3. The van der Waals surface area contributed by atoms with Crippen molar-refractivity contribution in [2.75, 3.05) is 18.1 Å². The van der Waals surface area contributed by atoms with Gasteiger partial charge in [0.15, 0.2) is 0 Å². The molecule has 4 heteroatoms. The topological polar surface area (TPSA) is 46.2 Å². The number of unbranched alkanes of at least 4 members (excludes halogenated alkanes) is 1. The summed E-state index contributed by atoms with van der Waals surface area (Å²) in [5.41, 5.74) is 0. The number of thioether (sulfide) groups is 1. The third kappa shape index (κ3) is 9.22. The van der Waals surface area contributed by atoms with E-state index in [2.05, 4.69) is 12.2 Å². The van der Waals surface area contributed by atoms with Crippen LogP contribution in [0.15, 0.2) is 0 Å². The van der Waals surface area contributed by atoms with Crippen LogP contribution in [-0.2, 0) is 9.59 Å². The van der Waals surface area contributed by atoms with Crippen LogP contribution >= 0.6 is 11.8 Å². The summed E-state index contributed by atoms with van der Waals surface area (Å²) in [5, 5.41) is 2.89. The van der Waals surface area contributed by atoms with E-state index in [9.17, 15) is 9.59 Å². The van der Waals surface area contributed by atoms with Crippen LogP contribution in [0.4, 0.5) is 0 Å². The molecule has 1 amide bonds. The second-order valence-corrected chi connectivity index (χ2v) is 5.47. The highest BCUT2D eigenvalue weighted by molar-refractivity contribution is 7.99. The highest BCUT2D eigenvalue weighted by atomic mass is 32.2. The lowest BCUT2D eigenvalue weighted by molar-refractivity contribution is -0.121. The van der Waals surface area contributed by atoms with Gasteiger partial charge < -0.3 is 5.32 Å². The minimum Gasteiger partial charge on any atom is -0.355 e. The smallest absolute Gasteiger partial charge is 0.229 e. The molecule has 1 atom stereocenters. The van der Waals surface area contributed by atoms with E-state index in [1.54, 1.807) is 18.7 Å². The summed E-state index contributed by atoms with van der Waals surface area (Å²) >= 11 is 1.64. The number of carbonyl (C=O) groups is 2. The number of rotatable bonds is 10. The van der Waals surface area contributed by atoms with Crippen molar-refractivity contribution >= 4 is 23.5 Å². The molecular formula is C13H25NO2S. The highest BCUT2D eigenvalue weighted by Gasteiger charge is 2.10. The number of hydrogen-bond acceptors (Lipinski definition) is 3. The summed E-state index contributed by atoms with van der Waals surface area (Å²) in [5.74, 6) is 2.15. The zero-order valence-corrected chi connectivity index (χ0v) is 12.1. The fourth-order valence-electron chi connectivity index (χ4n) is 1.68. The molecule has 0 rings (SSSR count). The summed E-state index contributed by atoms with van der Waals surface area (Å²) in [4.78, 5) is 22.5. The first-order chi connectivity index (χ1) is 8.11. The molecule has 0 aromatic heterocycles. The van der Waals surface area contributed by atoms with E-state index in [-0.39, 0.29) is 17.6 Å². The molecular weight excluding hydrogens is 234 g/mol. The van der Waals surface area contributed by atoms with Gasteiger partial charge in [0.2, 0.25) is 5.91 Å². The Morgan fingerprint density at radius 2 is 1.94 bits per heavy atom. The van der Waals surface area contributed by atoms with Crippen molar-refractivity contribution in [2.45, 2.75) is 46.5 Å². The molecule has 0 aromatic rings. The first-order valence-electron chi connectivity index (χ1n) is 6.46. The second-order valence-electron chi connectivity index (χ2n) is 4.20. The second kappa shape index (κ2) is 10.6. The monoisotopic (exact) mass is 259 g/mol. The maximum Gasteiger partial charge on any atom is 0.229 e. The first-order valence-corrected chi connectivity index (χ1v) is 7.62. The van der Waals surface area contributed by atoms with Crippen molar-refractivity contribution in [1.29, 1.82) is 0 Å². The molecule has 0 heterocycles. The van der Waals surface area contributed by atoms with Gasteiger partial charge in [-0.25, -0.2) is 0 Å². The van der Waals surface area contributed by atoms with Crippen molar-refractivity contribution < 1.29 is 9.59 Å². The van der Waals surface area contributed by atoms with Crippen LogP contribution in [0.2, 0.25) is 0 Å². The largest absolute Gasteiger partial charge is 0.355 e. The van der Waals surface area contributed by atoms with Crippen LogP contribution in [0, 0.1) is 5.92 Å². The van der Waals surface area contributed by atoms with E-state index in [1.165, 1.54) is 0 Å². The molecule has 0 aliphatic rings. The molecule has 3 nitrogen and oxygen atoms in total. The van der Waals surface area contributed by atoms with Gasteiger partial charge in [-0.2, -0.15) is 11.8 Å². The third-order valence-corrected chi connectivity index (χ3v) is 3.68. The van der Waals surface area contributed by atoms with Crippen LogP contribution in [0.25, 0.3) is 0 Å². The van der Waals surface area contributed by atoms with E-state index in [0.29, 0.717) is 5.75 Å². The molecule has 0 aliphatic heterocycles. The number of nitrogens with one attached hydrogen (secondary N) is 1. The van der Waals surface area contributed by atoms with Crippen molar-refractivity contribution in [3.63, 3.8) is 0 Å². The lowest BCUT2D eigenvalue weighted by Gasteiger charge is -2.10.